The van der Waals surface area contributed by atoms with Gasteiger partial charge in [-0.25, -0.2) is 4.99 Å². The van der Waals surface area contributed by atoms with Crippen LogP contribution < -0.4 is 10.9 Å². The second-order valence-electron chi connectivity index (χ2n) is 5.82. The van der Waals surface area contributed by atoms with Crippen LogP contribution in [0.2, 0.25) is 0 Å². The van der Waals surface area contributed by atoms with Gasteiger partial charge in [0.2, 0.25) is 11.5 Å². The van der Waals surface area contributed by atoms with E-state index in [0.29, 0.717) is 11.0 Å². The van der Waals surface area contributed by atoms with Crippen LogP contribution in [-0.4, -0.2) is 11.8 Å². The first-order valence-electron chi connectivity index (χ1n) is 7.91. The lowest BCUT2D eigenvalue weighted by atomic mass is 10.1. The molecule has 5 nitrogen and oxygen atoms in total. The van der Waals surface area contributed by atoms with Gasteiger partial charge in [-0.3, -0.25) is 14.9 Å². The lowest BCUT2D eigenvalue weighted by molar-refractivity contribution is -0.137. The number of nitrogens with zero attached hydrogens (tertiary/aromatic N) is 1. The van der Waals surface area contributed by atoms with Gasteiger partial charge in [-0.05, 0) is 42.5 Å². The molecule has 0 bridgehead atoms. The Morgan fingerprint density at radius 3 is 2.54 bits per heavy atom. The minimum Gasteiger partial charge on any atom is -0.438 e. The number of benzene rings is 2. The number of hydrogen-bond acceptors (Lipinski definition) is 4. The van der Waals surface area contributed by atoms with E-state index in [9.17, 15) is 22.8 Å². The Morgan fingerprint density at radius 1 is 1.11 bits per heavy atom. The van der Waals surface area contributed by atoms with Crippen molar-refractivity contribution < 1.29 is 27.2 Å². The third-order valence-corrected chi connectivity index (χ3v) is 4.14. The highest BCUT2D eigenvalue weighted by Crippen LogP contribution is 2.31. The lowest BCUT2D eigenvalue weighted by Crippen LogP contribution is -2.32. The fourth-order valence-corrected chi connectivity index (χ4v) is 2.82. The van der Waals surface area contributed by atoms with E-state index in [0.717, 1.165) is 23.5 Å². The molecule has 0 aliphatic heterocycles. The number of nitrogens with one attached hydrogen (secondary N) is 1. The molecule has 0 saturated carbocycles. The molecule has 0 atom stereocenters. The van der Waals surface area contributed by atoms with Gasteiger partial charge in [-0.1, -0.05) is 22.0 Å². The van der Waals surface area contributed by atoms with Gasteiger partial charge in [0.15, 0.2) is 0 Å². The van der Waals surface area contributed by atoms with E-state index in [4.69, 9.17) is 4.42 Å². The third kappa shape index (κ3) is 4.48. The van der Waals surface area contributed by atoms with Crippen LogP contribution in [0.1, 0.15) is 22.8 Å². The highest BCUT2D eigenvalue weighted by atomic mass is 79.9. The number of carbonyl (C=O) groups is 2. The molecular formula is C19H12BrF3N2O3. The van der Waals surface area contributed by atoms with Crippen LogP contribution >= 0.6 is 15.9 Å². The van der Waals surface area contributed by atoms with Crippen LogP contribution in [0.15, 0.2) is 62.4 Å². The predicted molar refractivity (Wildman–Crippen MR) is 98.7 cm³/mol. The predicted octanol–water partition coefficient (Wildman–Crippen LogP) is 4.72. The molecule has 1 aromatic heterocycles. The monoisotopic (exact) mass is 452 g/mol. The summed E-state index contributed by atoms with van der Waals surface area (Å²) in [5.74, 6) is -1.37. The van der Waals surface area contributed by atoms with Crippen molar-refractivity contribution in [1.29, 1.82) is 0 Å². The minimum absolute atomic E-state index is 0.0492. The first kappa shape index (κ1) is 19.8. The minimum atomic E-state index is -4.53. The number of amides is 2. The molecular weight excluding hydrogens is 441 g/mol. The lowest BCUT2D eigenvalue weighted by Gasteiger charge is -2.07. The largest absolute Gasteiger partial charge is 0.438 e. The fourth-order valence-electron chi connectivity index (χ4n) is 2.44. The van der Waals surface area contributed by atoms with Gasteiger partial charge in [0.1, 0.15) is 11.1 Å². The van der Waals surface area contributed by atoms with Crippen molar-refractivity contribution in [2.24, 2.45) is 4.99 Å². The molecule has 2 aromatic carbocycles. The second-order valence-corrected chi connectivity index (χ2v) is 6.73. The van der Waals surface area contributed by atoms with Gasteiger partial charge >= 0.3 is 6.18 Å². The maximum absolute atomic E-state index is 12.9. The van der Waals surface area contributed by atoms with E-state index in [2.05, 4.69) is 26.2 Å². The van der Waals surface area contributed by atoms with E-state index < -0.39 is 23.6 Å². The molecule has 0 fully saturated rings. The van der Waals surface area contributed by atoms with Gasteiger partial charge in [0.05, 0.1) is 11.3 Å². The molecule has 0 saturated heterocycles. The first-order chi connectivity index (χ1) is 13.1. The Labute approximate surface area is 165 Å². The Morgan fingerprint density at radius 2 is 1.86 bits per heavy atom. The molecule has 1 heterocycles. The standard InChI is InChI=1S/C19H12BrF3N2O3/c1-10(26)24-17(27)15-8-11-7-13(20)5-6-16(11)28-18(15)25-14-4-2-3-12(9-14)19(21,22)23/h2-9H,1H3,(H,24,26,27). The average Bonchev–Trinajstić information content (AvgIpc) is 2.60. The van der Waals surface area contributed by atoms with Crippen LogP contribution in [-0.2, 0) is 11.0 Å². The van der Waals surface area contributed by atoms with E-state index >= 15 is 0 Å². The van der Waals surface area contributed by atoms with E-state index in [1.807, 2.05) is 0 Å². The number of imide groups is 1. The zero-order valence-electron chi connectivity index (χ0n) is 14.3. The highest BCUT2D eigenvalue weighted by molar-refractivity contribution is 9.10. The van der Waals surface area contributed by atoms with Crippen molar-refractivity contribution >= 4 is 44.4 Å². The molecule has 0 spiro atoms. The summed E-state index contributed by atoms with van der Waals surface area (Å²) >= 11 is 3.31. The summed E-state index contributed by atoms with van der Waals surface area (Å²) in [6, 6.07) is 10.8. The van der Waals surface area contributed by atoms with Crippen LogP contribution in [0, 0.1) is 0 Å². The van der Waals surface area contributed by atoms with Crippen LogP contribution in [0.4, 0.5) is 18.9 Å². The first-order valence-corrected chi connectivity index (χ1v) is 8.70. The Balaban J connectivity index is 2.23. The van der Waals surface area contributed by atoms with Crippen LogP contribution in [0.3, 0.4) is 0 Å². The summed E-state index contributed by atoms with van der Waals surface area (Å²) < 4.78 is 45.2. The van der Waals surface area contributed by atoms with Crippen molar-refractivity contribution in [2.75, 3.05) is 0 Å². The van der Waals surface area contributed by atoms with Crippen molar-refractivity contribution in [1.82, 2.24) is 5.32 Å². The summed E-state index contributed by atoms with van der Waals surface area (Å²) in [7, 11) is 0. The summed E-state index contributed by atoms with van der Waals surface area (Å²) in [5.41, 5.74) is -0.862. The van der Waals surface area contributed by atoms with E-state index in [-0.39, 0.29) is 16.8 Å². The smallest absolute Gasteiger partial charge is 0.416 e. The Kier molecular flexibility index (Phi) is 5.37. The summed E-state index contributed by atoms with van der Waals surface area (Å²) in [4.78, 5) is 27.7. The normalized spacial score (nSPS) is 12.2. The van der Waals surface area contributed by atoms with Crippen molar-refractivity contribution in [3.05, 3.63) is 69.7 Å². The zero-order valence-corrected chi connectivity index (χ0v) is 15.9. The number of hydrogen-bond donors (Lipinski definition) is 1. The molecule has 3 rings (SSSR count). The van der Waals surface area contributed by atoms with Crippen molar-refractivity contribution in [3.63, 3.8) is 0 Å². The van der Waals surface area contributed by atoms with Gasteiger partial charge in [0.25, 0.3) is 5.91 Å². The molecule has 0 aliphatic carbocycles. The quantitative estimate of drug-likeness (QED) is 0.611. The average molecular weight is 453 g/mol. The van der Waals surface area contributed by atoms with Crippen molar-refractivity contribution in [2.45, 2.75) is 13.1 Å². The molecule has 0 aliphatic rings. The Hall–Kier alpha value is -2.94. The third-order valence-electron chi connectivity index (χ3n) is 3.65. The molecule has 9 heteroatoms. The summed E-state index contributed by atoms with van der Waals surface area (Å²) in [6.45, 7) is 1.16. The summed E-state index contributed by atoms with van der Waals surface area (Å²) in [6.07, 6.45) is -4.53. The molecule has 144 valence electrons. The Bertz CT molecular complexity index is 1150. The van der Waals surface area contributed by atoms with Gasteiger partial charge in [-0.15, -0.1) is 0 Å². The SMILES string of the molecule is CC(=O)NC(=O)c1cc2cc(Br)ccc2oc1=Nc1cccc(C(F)(F)F)c1. The second kappa shape index (κ2) is 7.59. The van der Waals surface area contributed by atoms with Gasteiger partial charge < -0.3 is 4.42 Å². The van der Waals surface area contributed by atoms with Crippen LogP contribution in [0.5, 0.6) is 0 Å². The molecule has 0 unspecified atom stereocenters. The maximum Gasteiger partial charge on any atom is 0.416 e. The zero-order chi connectivity index (χ0) is 20.5. The topological polar surface area (TPSA) is 71.7 Å². The maximum atomic E-state index is 12.9. The molecule has 0 radical (unpaired) electrons. The van der Waals surface area contributed by atoms with E-state index in [1.165, 1.54) is 18.2 Å². The van der Waals surface area contributed by atoms with E-state index in [1.54, 1.807) is 18.2 Å². The number of fused-ring (bicyclic) bond motifs is 1. The number of rotatable bonds is 2. The fraction of sp³-hybridized carbons (Fsp3) is 0.105. The number of alkyl halides is 3. The number of carbonyl (C=O) groups excluding carboxylic acids is 2. The molecule has 28 heavy (non-hydrogen) atoms. The molecule has 3 aromatic rings. The number of halogens is 4. The molecule has 2 amide bonds. The van der Waals surface area contributed by atoms with Gasteiger partial charge in [0, 0.05) is 16.8 Å². The highest BCUT2D eigenvalue weighted by Gasteiger charge is 2.30. The van der Waals surface area contributed by atoms with Gasteiger partial charge in [-0.2, -0.15) is 13.2 Å². The molecule has 1 N–H and O–H groups in total. The summed E-state index contributed by atoms with van der Waals surface area (Å²) in [5, 5.41) is 2.66. The van der Waals surface area contributed by atoms with Crippen molar-refractivity contribution in [3.8, 4) is 0 Å². The van der Waals surface area contributed by atoms with Crippen LogP contribution in [0.25, 0.3) is 11.0 Å².